The third kappa shape index (κ3) is 2.77. The summed E-state index contributed by atoms with van der Waals surface area (Å²) < 4.78 is 10.7. The minimum Gasteiger partial charge on any atom is -0.496 e. The van der Waals surface area contributed by atoms with Crippen LogP contribution in [-0.2, 0) is 0 Å². The molecule has 0 spiro atoms. The Balaban J connectivity index is 2.43. The maximum Gasteiger partial charge on any atom is 0.315 e. The number of nitrogens with two attached hydrogens (primary N) is 1. The molecule has 8 nitrogen and oxygen atoms in total. The van der Waals surface area contributed by atoms with E-state index >= 15 is 0 Å². The van der Waals surface area contributed by atoms with Gasteiger partial charge in [-0.1, -0.05) is 0 Å². The number of anilines is 1. The van der Waals surface area contributed by atoms with Crippen molar-refractivity contribution in [2.24, 2.45) is 0 Å². The molecule has 0 bridgehead atoms. The van der Waals surface area contributed by atoms with E-state index < -0.39 is 4.92 Å². The van der Waals surface area contributed by atoms with Crippen molar-refractivity contribution in [2.75, 3.05) is 12.8 Å². The number of rotatable bonds is 4. The number of nitro benzene ring substituents is 1. The first-order chi connectivity index (χ1) is 9.52. The monoisotopic (exact) mass is 340 g/mol. The highest BCUT2D eigenvalue weighted by molar-refractivity contribution is 9.10. The van der Waals surface area contributed by atoms with Crippen LogP contribution in [0.4, 0.5) is 11.5 Å². The predicted molar refractivity (Wildman–Crippen MR) is 73.9 cm³/mol. The zero-order chi connectivity index (χ0) is 14.7. The molecule has 0 saturated heterocycles. The molecule has 0 aliphatic rings. The van der Waals surface area contributed by atoms with Crippen LogP contribution >= 0.6 is 15.9 Å². The van der Waals surface area contributed by atoms with Crippen LogP contribution in [0.2, 0.25) is 0 Å². The average Bonchev–Trinajstić information content (AvgIpc) is 2.44. The minimum atomic E-state index is -0.573. The van der Waals surface area contributed by atoms with Crippen LogP contribution in [-0.4, -0.2) is 22.0 Å². The van der Waals surface area contributed by atoms with Crippen molar-refractivity contribution >= 4 is 27.4 Å². The fourth-order valence-corrected chi connectivity index (χ4v) is 1.68. The van der Waals surface area contributed by atoms with Gasteiger partial charge in [0.25, 0.3) is 0 Å². The van der Waals surface area contributed by atoms with E-state index in [9.17, 15) is 10.1 Å². The molecule has 0 aliphatic carbocycles. The van der Waals surface area contributed by atoms with Crippen molar-refractivity contribution in [3.63, 3.8) is 0 Å². The summed E-state index contributed by atoms with van der Waals surface area (Å²) in [5, 5.41) is 11.0. The van der Waals surface area contributed by atoms with Gasteiger partial charge in [0.05, 0.1) is 18.1 Å². The number of halogens is 1. The van der Waals surface area contributed by atoms with Crippen LogP contribution in [0.3, 0.4) is 0 Å². The lowest BCUT2D eigenvalue weighted by Crippen LogP contribution is -1.99. The Morgan fingerprint density at radius 3 is 2.80 bits per heavy atom. The molecule has 2 aromatic rings. The first-order valence-electron chi connectivity index (χ1n) is 5.29. The van der Waals surface area contributed by atoms with E-state index in [0.29, 0.717) is 10.2 Å². The standard InChI is InChI=1S/C11H9BrN4O4/c1-19-6-2-3-8(7(4-6)16(17)18)20-11-9(12)10(13)14-5-15-11/h2-5H,1H3,(H2,13,14,15). The predicted octanol–water partition coefficient (Wildman–Crippen LogP) is 2.53. The SMILES string of the molecule is COc1ccc(Oc2ncnc(N)c2Br)c([N+](=O)[O-])c1. The van der Waals surface area contributed by atoms with Gasteiger partial charge in [-0.15, -0.1) is 0 Å². The normalized spacial score (nSPS) is 10.1. The van der Waals surface area contributed by atoms with Gasteiger partial charge in [-0.2, -0.15) is 0 Å². The minimum absolute atomic E-state index is 0.0228. The molecule has 0 fully saturated rings. The number of ether oxygens (including phenoxy) is 2. The molecule has 104 valence electrons. The Kier molecular flexibility index (Phi) is 3.99. The van der Waals surface area contributed by atoms with Crippen molar-refractivity contribution in [1.29, 1.82) is 0 Å². The molecule has 1 aromatic carbocycles. The Labute approximate surface area is 121 Å². The smallest absolute Gasteiger partial charge is 0.315 e. The summed E-state index contributed by atoms with van der Waals surface area (Å²) in [6.45, 7) is 0. The van der Waals surface area contributed by atoms with Crippen molar-refractivity contribution in [2.45, 2.75) is 0 Å². The fourth-order valence-electron chi connectivity index (χ4n) is 1.39. The summed E-state index contributed by atoms with van der Waals surface area (Å²) in [5.74, 6) is 0.636. The summed E-state index contributed by atoms with van der Waals surface area (Å²) in [6, 6.07) is 4.22. The average molecular weight is 341 g/mol. The van der Waals surface area contributed by atoms with E-state index in [2.05, 4.69) is 25.9 Å². The molecule has 1 aromatic heterocycles. The van der Waals surface area contributed by atoms with Crippen molar-refractivity contribution in [3.8, 4) is 17.4 Å². The van der Waals surface area contributed by atoms with Crippen molar-refractivity contribution in [3.05, 3.63) is 39.1 Å². The van der Waals surface area contributed by atoms with Crippen molar-refractivity contribution in [1.82, 2.24) is 9.97 Å². The van der Waals surface area contributed by atoms with Gasteiger partial charge in [0.1, 0.15) is 22.4 Å². The number of nitrogens with zero attached hydrogens (tertiary/aromatic N) is 3. The first kappa shape index (κ1) is 14.0. The number of aromatic nitrogens is 2. The number of hydrogen-bond acceptors (Lipinski definition) is 7. The summed E-state index contributed by atoms with van der Waals surface area (Å²) in [5.41, 5.74) is 5.34. The van der Waals surface area contributed by atoms with Gasteiger partial charge in [0.15, 0.2) is 0 Å². The van der Waals surface area contributed by atoms with E-state index in [1.807, 2.05) is 0 Å². The van der Waals surface area contributed by atoms with Gasteiger partial charge in [-0.05, 0) is 28.1 Å². The van der Waals surface area contributed by atoms with Crippen LogP contribution in [0, 0.1) is 10.1 Å². The highest BCUT2D eigenvalue weighted by atomic mass is 79.9. The Morgan fingerprint density at radius 2 is 2.15 bits per heavy atom. The molecule has 0 amide bonds. The third-order valence-corrected chi connectivity index (χ3v) is 3.10. The number of methoxy groups -OCH3 is 1. The highest BCUT2D eigenvalue weighted by Crippen LogP contribution is 2.36. The fraction of sp³-hybridized carbons (Fsp3) is 0.0909. The van der Waals surface area contributed by atoms with Gasteiger partial charge < -0.3 is 15.2 Å². The molecule has 9 heteroatoms. The highest BCUT2D eigenvalue weighted by Gasteiger charge is 2.19. The largest absolute Gasteiger partial charge is 0.496 e. The van der Waals surface area contributed by atoms with Gasteiger partial charge in [-0.25, -0.2) is 9.97 Å². The number of nitrogen functional groups attached to an aromatic ring is 1. The molecule has 20 heavy (non-hydrogen) atoms. The van der Waals surface area contributed by atoms with E-state index in [1.54, 1.807) is 6.07 Å². The summed E-state index contributed by atoms with van der Waals surface area (Å²) in [4.78, 5) is 18.1. The number of benzene rings is 1. The quantitative estimate of drug-likeness (QED) is 0.671. The maximum atomic E-state index is 11.0. The van der Waals surface area contributed by atoms with Crippen molar-refractivity contribution < 1.29 is 14.4 Å². The molecule has 0 aliphatic heterocycles. The Morgan fingerprint density at radius 1 is 1.40 bits per heavy atom. The number of nitro groups is 1. The number of hydrogen-bond donors (Lipinski definition) is 1. The summed E-state index contributed by atoms with van der Waals surface area (Å²) in [7, 11) is 1.42. The van der Waals surface area contributed by atoms with Crippen LogP contribution < -0.4 is 15.2 Å². The van der Waals surface area contributed by atoms with Gasteiger partial charge in [-0.3, -0.25) is 10.1 Å². The first-order valence-corrected chi connectivity index (χ1v) is 6.08. The topological polar surface area (TPSA) is 113 Å². The lowest BCUT2D eigenvalue weighted by atomic mass is 10.3. The second-order valence-corrected chi connectivity index (χ2v) is 4.36. The van der Waals surface area contributed by atoms with Gasteiger partial charge in [0.2, 0.25) is 11.6 Å². The van der Waals surface area contributed by atoms with Crippen LogP contribution in [0.25, 0.3) is 0 Å². The van der Waals surface area contributed by atoms with E-state index in [1.165, 1.54) is 25.6 Å². The lowest BCUT2D eigenvalue weighted by Gasteiger charge is -2.08. The van der Waals surface area contributed by atoms with E-state index in [-0.39, 0.29) is 23.1 Å². The van der Waals surface area contributed by atoms with Crippen LogP contribution in [0.5, 0.6) is 17.4 Å². The second-order valence-electron chi connectivity index (χ2n) is 3.57. The van der Waals surface area contributed by atoms with Crippen LogP contribution in [0.15, 0.2) is 29.0 Å². The molecule has 1 heterocycles. The molecule has 0 unspecified atom stereocenters. The van der Waals surface area contributed by atoms with Crippen LogP contribution in [0.1, 0.15) is 0 Å². The van der Waals surface area contributed by atoms with Gasteiger partial charge in [0, 0.05) is 0 Å². The molecule has 0 radical (unpaired) electrons. The molecular weight excluding hydrogens is 332 g/mol. The Hall–Kier alpha value is -2.42. The zero-order valence-electron chi connectivity index (χ0n) is 10.2. The van der Waals surface area contributed by atoms with Gasteiger partial charge >= 0.3 is 5.69 Å². The Bertz CT molecular complexity index is 665. The third-order valence-electron chi connectivity index (χ3n) is 2.35. The maximum absolute atomic E-state index is 11.0. The molecule has 2 N–H and O–H groups in total. The lowest BCUT2D eigenvalue weighted by molar-refractivity contribution is -0.385. The van der Waals surface area contributed by atoms with E-state index in [0.717, 1.165) is 0 Å². The van der Waals surface area contributed by atoms with E-state index in [4.69, 9.17) is 15.2 Å². The second kappa shape index (κ2) is 5.70. The molecule has 0 saturated carbocycles. The molecule has 0 atom stereocenters. The molecular formula is C11H9BrN4O4. The zero-order valence-corrected chi connectivity index (χ0v) is 11.8. The molecule has 2 rings (SSSR count). The summed E-state index contributed by atoms with van der Waals surface area (Å²) >= 11 is 3.16. The summed E-state index contributed by atoms with van der Waals surface area (Å²) in [6.07, 6.45) is 1.20.